The molecule has 2 N–H and O–H groups in total. The van der Waals surface area contributed by atoms with Crippen molar-refractivity contribution in [2.24, 2.45) is 0 Å². The van der Waals surface area contributed by atoms with E-state index in [-0.39, 0.29) is 5.91 Å². The van der Waals surface area contributed by atoms with Crippen molar-refractivity contribution >= 4 is 11.7 Å². The lowest BCUT2D eigenvalue weighted by Gasteiger charge is -2.26. The molecule has 1 saturated heterocycles. The summed E-state index contributed by atoms with van der Waals surface area (Å²) in [5, 5.41) is 6.05. The number of nitrogens with zero attached hydrogens (tertiary/aromatic N) is 2. The van der Waals surface area contributed by atoms with E-state index < -0.39 is 0 Å². The van der Waals surface area contributed by atoms with Gasteiger partial charge in [0, 0.05) is 51.6 Å². The first-order valence-electron chi connectivity index (χ1n) is 7.57. The summed E-state index contributed by atoms with van der Waals surface area (Å²) in [7, 11) is 1.65. The Labute approximate surface area is 131 Å². The van der Waals surface area contributed by atoms with E-state index in [0.29, 0.717) is 31.1 Å². The molecule has 2 heterocycles. The zero-order valence-electron chi connectivity index (χ0n) is 13.0. The van der Waals surface area contributed by atoms with E-state index in [2.05, 4.69) is 20.5 Å². The second-order valence-corrected chi connectivity index (χ2v) is 5.06. The monoisotopic (exact) mass is 308 g/mol. The van der Waals surface area contributed by atoms with Gasteiger partial charge in [0.15, 0.2) is 0 Å². The molecule has 22 heavy (non-hydrogen) atoms. The summed E-state index contributed by atoms with van der Waals surface area (Å²) in [6.45, 7) is 6.14. The Kier molecular flexibility index (Phi) is 7.08. The van der Waals surface area contributed by atoms with Gasteiger partial charge in [-0.05, 0) is 12.1 Å². The van der Waals surface area contributed by atoms with Crippen LogP contribution >= 0.6 is 0 Å². The number of rotatable bonds is 8. The van der Waals surface area contributed by atoms with Gasteiger partial charge < -0.3 is 20.1 Å². The number of carbonyl (C=O) groups is 1. The number of hydrogen-bond acceptors (Lipinski definition) is 6. The normalized spacial score (nSPS) is 15.5. The number of aromatic nitrogens is 1. The first kappa shape index (κ1) is 16.7. The molecule has 0 saturated carbocycles. The summed E-state index contributed by atoms with van der Waals surface area (Å²) in [5.41, 5.74) is 0.608. The fraction of sp³-hybridized carbons (Fsp3) is 0.600. The molecular formula is C15H24N4O3. The second kappa shape index (κ2) is 9.34. The quantitative estimate of drug-likeness (QED) is 0.668. The van der Waals surface area contributed by atoms with Crippen LogP contribution < -0.4 is 10.6 Å². The van der Waals surface area contributed by atoms with Crippen LogP contribution in [-0.2, 0) is 9.47 Å². The van der Waals surface area contributed by atoms with Gasteiger partial charge in [-0.25, -0.2) is 4.98 Å². The molecule has 1 aromatic rings. The topological polar surface area (TPSA) is 75.7 Å². The van der Waals surface area contributed by atoms with Crippen molar-refractivity contribution in [3.8, 4) is 0 Å². The van der Waals surface area contributed by atoms with Gasteiger partial charge in [0.25, 0.3) is 5.91 Å². The van der Waals surface area contributed by atoms with E-state index in [1.54, 1.807) is 25.4 Å². The fourth-order valence-electron chi connectivity index (χ4n) is 2.20. The molecule has 7 heteroatoms. The molecule has 0 unspecified atom stereocenters. The number of morpholine rings is 1. The van der Waals surface area contributed by atoms with Crippen molar-refractivity contribution in [1.82, 2.24) is 15.2 Å². The molecule has 1 fully saturated rings. The van der Waals surface area contributed by atoms with Gasteiger partial charge in [-0.2, -0.15) is 0 Å². The van der Waals surface area contributed by atoms with Crippen LogP contribution in [0.4, 0.5) is 5.82 Å². The summed E-state index contributed by atoms with van der Waals surface area (Å²) in [4.78, 5) is 18.6. The number of ether oxygens (including phenoxy) is 2. The largest absolute Gasteiger partial charge is 0.383 e. The molecule has 0 aliphatic carbocycles. The molecule has 0 bridgehead atoms. The third-order valence-electron chi connectivity index (χ3n) is 3.45. The van der Waals surface area contributed by atoms with Crippen molar-refractivity contribution in [2.45, 2.75) is 0 Å². The van der Waals surface area contributed by atoms with Crippen LogP contribution in [0.15, 0.2) is 18.3 Å². The average Bonchev–Trinajstić information content (AvgIpc) is 2.56. The predicted molar refractivity (Wildman–Crippen MR) is 84.2 cm³/mol. The zero-order chi connectivity index (χ0) is 15.6. The van der Waals surface area contributed by atoms with Gasteiger partial charge in [0.1, 0.15) is 5.82 Å². The van der Waals surface area contributed by atoms with Crippen LogP contribution in [0.2, 0.25) is 0 Å². The number of anilines is 1. The Balaban J connectivity index is 1.75. The van der Waals surface area contributed by atoms with Crippen molar-refractivity contribution < 1.29 is 14.3 Å². The summed E-state index contributed by atoms with van der Waals surface area (Å²) in [6.07, 6.45) is 1.63. The van der Waals surface area contributed by atoms with Crippen molar-refractivity contribution in [2.75, 3.05) is 65.0 Å². The van der Waals surface area contributed by atoms with Gasteiger partial charge in [-0.1, -0.05) is 0 Å². The second-order valence-electron chi connectivity index (χ2n) is 5.06. The number of hydrogen-bond donors (Lipinski definition) is 2. The molecule has 0 radical (unpaired) electrons. The number of amides is 1. The van der Waals surface area contributed by atoms with Crippen LogP contribution in [0.25, 0.3) is 0 Å². The van der Waals surface area contributed by atoms with Gasteiger partial charge >= 0.3 is 0 Å². The molecule has 0 atom stereocenters. The molecule has 1 amide bonds. The van der Waals surface area contributed by atoms with E-state index in [1.165, 1.54) is 0 Å². The smallest absolute Gasteiger partial charge is 0.251 e. The third-order valence-corrected chi connectivity index (χ3v) is 3.45. The van der Waals surface area contributed by atoms with E-state index in [4.69, 9.17) is 9.47 Å². The van der Waals surface area contributed by atoms with Crippen LogP contribution in [0.5, 0.6) is 0 Å². The lowest BCUT2D eigenvalue weighted by Crippen LogP contribution is -2.41. The minimum atomic E-state index is -0.0783. The van der Waals surface area contributed by atoms with Gasteiger partial charge in [-0.15, -0.1) is 0 Å². The maximum absolute atomic E-state index is 12.1. The molecule has 7 nitrogen and oxygen atoms in total. The highest BCUT2D eigenvalue weighted by atomic mass is 16.5. The fourth-order valence-corrected chi connectivity index (χ4v) is 2.20. The molecular weight excluding hydrogens is 284 g/mol. The third kappa shape index (κ3) is 5.59. The summed E-state index contributed by atoms with van der Waals surface area (Å²) >= 11 is 0. The van der Waals surface area contributed by atoms with E-state index in [1.807, 2.05) is 0 Å². The molecule has 1 aliphatic rings. The Hall–Kier alpha value is -1.70. The van der Waals surface area contributed by atoms with Crippen LogP contribution in [0.1, 0.15) is 10.4 Å². The van der Waals surface area contributed by atoms with Gasteiger partial charge in [-0.3, -0.25) is 9.69 Å². The Bertz CT molecular complexity index is 464. The minimum Gasteiger partial charge on any atom is -0.383 e. The zero-order valence-corrected chi connectivity index (χ0v) is 13.0. The van der Waals surface area contributed by atoms with Gasteiger partial charge in [0.05, 0.1) is 19.8 Å². The summed E-state index contributed by atoms with van der Waals surface area (Å²) in [5.74, 6) is 0.600. The highest BCUT2D eigenvalue weighted by Crippen LogP contribution is 2.06. The van der Waals surface area contributed by atoms with E-state index >= 15 is 0 Å². The van der Waals surface area contributed by atoms with Crippen molar-refractivity contribution in [3.63, 3.8) is 0 Å². The maximum atomic E-state index is 12.1. The van der Waals surface area contributed by atoms with Gasteiger partial charge in [0.2, 0.25) is 0 Å². The Morgan fingerprint density at radius 3 is 3.00 bits per heavy atom. The van der Waals surface area contributed by atoms with Crippen LogP contribution in [0.3, 0.4) is 0 Å². The highest BCUT2D eigenvalue weighted by Gasteiger charge is 2.11. The molecule has 1 aromatic heterocycles. The highest BCUT2D eigenvalue weighted by molar-refractivity contribution is 5.94. The number of nitrogens with one attached hydrogen (secondary N) is 2. The molecule has 0 aromatic carbocycles. The lowest BCUT2D eigenvalue weighted by molar-refractivity contribution is 0.0383. The van der Waals surface area contributed by atoms with E-state index in [0.717, 1.165) is 32.8 Å². The Morgan fingerprint density at radius 1 is 1.41 bits per heavy atom. The lowest BCUT2D eigenvalue weighted by atomic mass is 10.2. The first-order valence-corrected chi connectivity index (χ1v) is 7.57. The number of methoxy groups -OCH3 is 1. The minimum absolute atomic E-state index is 0.0783. The molecule has 0 spiro atoms. The van der Waals surface area contributed by atoms with Crippen LogP contribution in [0, 0.1) is 0 Å². The SMILES string of the molecule is COCCNc1cc(C(=O)NCCN2CCOCC2)ccn1. The van der Waals surface area contributed by atoms with Crippen LogP contribution in [-0.4, -0.2) is 75.4 Å². The number of pyridine rings is 1. The molecule has 1 aliphatic heterocycles. The van der Waals surface area contributed by atoms with Crippen molar-refractivity contribution in [3.05, 3.63) is 23.9 Å². The first-order chi connectivity index (χ1) is 10.8. The summed E-state index contributed by atoms with van der Waals surface area (Å²) in [6, 6.07) is 3.46. The number of carbonyl (C=O) groups excluding carboxylic acids is 1. The average molecular weight is 308 g/mol. The predicted octanol–water partition coefficient (Wildman–Crippen LogP) is 0.202. The Morgan fingerprint density at radius 2 is 2.23 bits per heavy atom. The molecule has 122 valence electrons. The van der Waals surface area contributed by atoms with E-state index in [9.17, 15) is 4.79 Å². The maximum Gasteiger partial charge on any atom is 0.251 e. The summed E-state index contributed by atoms with van der Waals surface area (Å²) < 4.78 is 10.3. The standard InChI is InChI=1S/C15H24N4O3/c1-21-9-5-17-14-12-13(2-3-16-14)15(20)18-4-6-19-7-10-22-11-8-19/h2-3,12H,4-11H2,1H3,(H,16,17)(H,18,20). The van der Waals surface area contributed by atoms with Crippen molar-refractivity contribution in [1.29, 1.82) is 0 Å². The molecule has 2 rings (SSSR count).